The molecule has 0 aliphatic rings. The van der Waals surface area contributed by atoms with E-state index in [1.165, 1.54) is 6.92 Å². The molecule has 2 N–H and O–H groups in total. The standard InChI is InChI=1S/C10H12Cl2O2/c1-6(13)10(14)5-7-4-8(11)2-3-9(7)12/h2-4,6,10,13-14H,5H2,1H3. The number of aliphatic hydroxyl groups is 2. The smallest absolute Gasteiger partial charge is 0.0837 e. The summed E-state index contributed by atoms with van der Waals surface area (Å²) >= 11 is 11.7. The summed E-state index contributed by atoms with van der Waals surface area (Å²) in [6, 6.07) is 5.05. The molecule has 1 aromatic carbocycles. The van der Waals surface area contributed by atoms with Crippen LogP contribution >= 0.6 is 23.2 Å². The summed E-state index contributed by atoms with van der Waals surface area (Å²) < 4.78 is 0. The van der Waals surface area contributed by atoms with E-state index in [9.17, 15) is 5.11 Å². The van der Waals surface area contributed by atoms with Crippen LogP contribution in [0.3, 0.4) is 0 Å². The largest absolute Gasteiger partial charge is 0.391 e. The lowest BCUT2D eigenvalue weighted by Crippen LogP contribution is -2.24. The van der Waals surface area contributed by atoms with Crippen LogP contribution in [0.1, 0.15) is 12.5 Å². The van der Waals surface area contributed by atoms with Gasteiger partial charge in [0.05, 0.1) is 12.2 Å². The molecule has 14 heavy (non-hydrogen) atoms. The van der Waals surface area contributed by atoms with Crippen molar-refractivity contribution in [2.24, 2.45) is 0 Å². The molecule has 0 saturated heterocycles. The minimum Gasteiger partial charge on any atom is -0.391 e. The molecule has 2 atom stereocenters. The Balaban J connectivity index is 2.80. The fraction of sp³-hybridized carbons (Fsp3) is 0.400. The van der Waals surface area contributed by atoms with E-state index in [4.69, 9.17) is 28.3 Å². The van der Waals surface area contributed by atoms with Gasteiger partial charge in [-0.15, -0.1) is 0 Å². The van der Waals surface area contributed by atoms with Crippen molar-refractivity contribution in [2.45, 2.75) is 25.6 Å². The van der Waals surface area contributed by atoms with Crippen LogP contribution in [0.5, 0.6) is 0 Å². The lowest BCUT2D eigenvalue weighted by Gasteiger charge is -2.14. The SMILES string of the molecule is CC(O)C(O)Cc1cc(Cl)ccc1Cl. The quantitative estimate of drug-likeness (QED) is 0.843. The summed E-state index contributed by atoms with van der Waals surface area (Å²) in [6.45, 7) is 1.53. The van der Waals surface area contributed by atoms with E-state index in [1.54, 1.807) is 18.2 Å². The Morgan fingerprint density at radius 3 is 2.50 bits per heavy atom. The number of hydrogen-bond donors (Lipinski definition) is 2. The first-order valence-corrected chi connectivity index (χ1v) is 5.06. The van der Waals surface area contributed by atoms with Crippen LogP contribution < -0.4 is 0 Å². The normalized spacial score (nSPS) is 15.2. The molecule has 1 aromatic rings. The predicted octanol–water partition coefficient (Wildman–Crippen LogP) is 2.28. The third-order valence-electron chi connectivity index (χ3n) is 1.99. The van der Waals surface area contributed by atoms with Gasteiger partial charge in [0.15, 0.2) is 0 Å². The Hall–Kier alpha value is -0.280. The first-order valence-electron chi connectivity index (χ1n) is 4.30. The fourth-order valence-electron chi connectivity index (χ4n) is 1.10. The van der Waals surface area contributed by atoms with Gasteiger partial charge in [-0.25, -0.2) is 0 Å². The molecule has 0 amide bonds. The molecule has 0 saturated carbocycles. The third-order valence-corrected chi connectivity index (χ3v) is 2.60. The molecule has 78 valence electrons. The highest BCUT2D eigenvalue weighted by Crippen LogP contribution is 2.22. The van der Waals surface area contributed by atoms with Gasteiger partial charge in [-0.1, -0.05) is 23.2 Å². The Labute approximate surface area is 93.1 Å². The Morgan fingerprint density at radius 1 is 1.29 bits per heavy atom. The molecule has 0 bridgehead atoms. The minimum absolute atomic E-state index is 0.303. The summed E-state index contributed by atoms with van der Waals surface area (Å²) in [4.78, 5) is 0. The molecule has 2 nitrogen and oxygen atoms in total. The molecule has 0 radical (unpaired) electrons. The first-order chi connectivity index (χ1) is 6.50. The lowest BCUT2D eigenvalue weighted by atomic mass is 10.0. The number of aliphatic hydroxyl groups excluding tert-OH is 2. The highest BCUT2D eigenvalue weighted by Gasteiger charge is 2.13. The zero-order valence-corrected chi connectivity index (χ0v) is 9.26. The van der Waals surface area contributed by atoms with Crippen molar-refractivity contribution in [3.63, 3.8) is 0 Å². The van der Waals surface area contributed by atoms with Crippen LogP contribution in [-0.4, -0.2) is 22.4 Å². The average Bonchev–Trinajstić information content (AvgIpc) is 2.11. The second kappa shape index (κ2) is 4.99. The zero-order chi connectivity index (χ0) is 10.7. The highest BCUT2D eigenvalue weighted by atomic mass is 35.5. The van der Waals surface area contributed by atoms with Crippen molar-refractivity contribution >= 4 is 23.2 Å². The Kier molecular flexibility index (Phi) is 4.20. The van der Waals surface area contributed by atoms with Gasteiger partial charge in [0.25, 0.3) is 0 Å². The summed E-state index contributed by atoms with van der Waals surface area (Å²) in [6.07, 6.45) is -1.28. The predicted molar refractivity (Wildman–Crippen MR) is 57.9 cm³/mol. The maximum atomic E-state index is 9.44. The van der Waals surface area contributed by atoms with Crippen molar-refractivity contribution in [1.82, 2.24) is 0 Å². The zero-order valence-electron chi connectivity index (χ0n) is 7.74. The molecule has 0 aromatic heterocycles. The van der Waals surface area contributed by atoms with E-state index in [2.05, 4.69) is 0 Å². The molecular formula is C10H12Cl2O2. The van der Waals surface area contributed by atoms with Gasteiger partial charge in [0, 0.05) is 16.5 Å². The van der Waals surface area contributed by atoms with Gasteiger partial charge >= 0.3 is 0 Å². The second-order valence-electron chi connectivity index (χ2n) is 3.25. The number of hydrogen-bond acceptors (Lipinski definition) is 2. The second-order valence-corrected chi connectivity index (χ2v) is 4.09. The van der Waals surface area contributed by atoms with Gasteiger partial charge in [0.2, 0.25) is 0 Å². The van der Waals surface area contributed by atoms with E-state index >= 15 is 0 Å². The summed E-state index contributed by atoms with van der Waals surface area (Å²) in [5.41, 5.74) is 0.743. The fourth-order valence-corrected chi connectivity index (χ4v) is 1.49. The Morgan fingerprint density at radius 2 is 1.93 bits per heavy atom. The van der Waals surface area contributed by atoms with E-state index in [0.29, 0.717) is 16.5 Å². The van der Waals surface area contributed by atoms with Gasteiger partial charge in [0.1, 0.15) is 0 Å². The van der Waals surface area contributed by atoms with Crippen molar-refractivity contribution in [3.05, 3.63) is 33.8 Å². The van der Waals surface area contributed by atoms with Crippen molar-refractivity contribution in [2.75, 3.05) is 0 Å². The van der Waals surface area contributed by atoms with Crippen LogP contribution in [0, 0.1) is 0 Å². The minimum atomic E-state index is -0.814. The number of rotatable bonds is 3. The van der Waals surface area contributed by atoms with Crippen LogP contribution in [0.15, 0.2) is 18.2 Å². The van der Waals surface area contributed by atoms with Crippen molar-refractivity contribution < 1.29 is 10.2 Å². The van der Waals surface area contributed by atoms with Crippen LogP contribution in [0.2, 0.25) is 10.0 Å². The van der Waals surface area contributed by atoms with Crippen molar-refractivity contribution in [1.29, 1.82) is 0 Å². The average molecular weight is 235 g/mol. The lowest BCUT2D eigenvalue weighted by molar-refractivity contribution is 0.0320. The molecule has 0 fully saturated rings. The number of benzene rings is 1. The molecular weight excluding hydrogens is 223 g/mol. The third kappa shape index (κ3) is 3.14. The Bertz CT molecular complexity index is 313. The van der Waals surface area contributed by atoms with Gasteiger partial charge < -0.3 is 10.2 Å². The summed E-state index contributed by atoms with van der Waals surface area (Å²) in [7, 11) is 0. The number of halogens is 2. The van der Waals surface area contributed by atoms with Crippen LogP contribution in [-0.2, 0) is 6.42 Å². The molecule has 0 heterocycles. The van der Waals surface area contributed by atoms with Gasteiger partial charge in [-0.2, -0.15) is 0 Å². The van der Waals surface area contributed by atoms with E-state index in [-0.39, 0.29) is 0 Å². The van der Waals surface area contributed by atoms with Gasteiger partial charge in [-0.05, 0) is 30.7 Å². The topological polar surface area (TPSA) is 40.5 Å². The molecule has 4 heteroatoms. The maximum absolute atomic E-state index is 9.44. The maximum Gasteiger partial charge on any atom is 0.0837 e. The summed E-state index contributed by atoms with van der Waals surface area (Å²) in [5.74, 6) is 0. The van der Waals surface area contributed by atoms with E-state index < -0.39 is 12.2 Å². The first kappa shape index (κ1) is 11.8. The van der Waals surface area contributed by atoms with Crippen molar-refractivity contribution in [3.8, 4) is 0 Å². The molecule has 0 spiro atoms. The molecule has 1 rings (SSSR count). The highest BCUT2D eigenvalue weighted by molar-refractivity contribution is 6.33. The van der Waals surface area contributed by atoms with Crippen LogP contribution in [0.4, 0.5) is 0 Å². The van der Waals surface area contributed by atoms with E-state index in [1.807, 2.05) is 0 Å². The molecule has 0 aliphatic heterocycles. The van der Waals surface area contributed by atoms with Crippen LogP contribution in [0.25, 0.3) is 0 Å². The van der Waals surface area contributed by atoms with Gasteiger partial charge in [-0.3, -0.25) is 0 Å². The van der Waals surface area contributed by atoms with E-state index in [0.717, 1.165) is 5.56 Å². The molecule has 2 unspecified atom stereocenters. The molecule has 0 aliphatic carbocycles. The summed E-state index contributed by atoms with van der Waals surface area (Å²) in [5, 5.41) is 19.7. The monoisotopic (exact) mass is 234 g/mol.